The van der Waals surface area contributed by atoms with Crippen LogP contribution in [0, 0.1) is 10.1 Å². The lowest BCUT2D eigenvalue weighted by atomic mass is 10.00. The van der Waals surface area contributed by atoms with Crippen molar-refractivity contribution in [3.63, 3.8) is 0 Å². The van der Waals surface area contributed by atoms with Gasteiger partial charge < -0.3 is 9.94 Å². The molecule has 0 aromatic carbocycles. The quantitative estimate of drug-likeness (QED) is 0.408. The molecule has 0 spiro atoms. The summed E-state index contributed by atoms with van der Waals surface area (Å²) in [5.41, 5.74) is 0. The second-order valence-electron chi connectivity index (χ2n) is 4.54. The van der Waals surface area contributed by atoms with E-state index >= 15 is 0 Å². The van der Waals surface area contributed by atoms with Crippen molar-refractivity contribution in [1.82, 2.24) is 4.90 Å². The third-order valence-electron chi connectivity index (χ3n) is 3.23. The van der Waals surface area contributed by atoms with Crippen LogP contribution in [0.5, 0.6) is 0 Å². The van der Waals surface area contributed by atoms with Gasteiger partial charge in [-0.15, -0.1) is 10.1 Å². The summed E-state index contributed by atoms with van der Waals surface area (Å²) in [6, 6.07) is -0.640. The zero-order valence-corrected chi connectivity index (χ0v) is 10.8. The molecule has 1 atom stereocenters. The Balaban J connectivity index is 2.57. The standard InChI is InChI=1S/C11H18N2O6/c1-2-3-9(10(14)11(15)16)12-6-4-8(5-7-12)19-13(17)18/h8-9H,2-7H2,1H3,(H,15,16). The van der Waals surface area contributed by atoms with Gasteiger partial charge in [0.05, 0.1) is 6.04 Å². The largest absolute Gasteiger partial charge is 0.475 e. The van der Waals surface area contributed by atoms with Crippen LogP contribution >= 0.6 is 0 Å². The first kappa shape index (κ1) is 15.4. The molecule has 0 aliphatic carbocycles. The van der Waals surface area contributed by atoms with E-state index in [1.807, 2.05) is 6.92 Å². The van der Waals surface area contributed by atoms with Crippen molar-refractivity contribution < 1.29 is 24.6 Å². The maximum atomic E-state index is 11.6. The molecule has 8 nitrogen and oxygen atoms in total. The van der Waals surface area contributed by atoms with Gasteiger partial charge in [-0.2, -0.15) is 0 Å². The average Bonchev–Trinajstić information content (AvgIpc) is 2.35. The number of carboxylic acids is 1. The summed E-state index contributed by atoms with van der Waals surface area (Å²) in [4.78, 5) is 38.9. The van der Waals surface area contributed by atoms with Crippen molar-refractivity contribution >= 4 is 11.8 Å². The molecule has 1 heterocycles. The molecule has 1 unspecified atom stereocenters. The zero-order valence-electron chi connectivity index (χ0n) is 10.8. The Morgan fingerprint density at radius 3 is 2.47 bits per heavy atom. The van der Waals surface area contributed by atoms with E-state index in [-0.39, 0.29) is 0 Å². The predicted molar refractivity (Wildman–Crippen MR) is 64.0 cm³/mol. The van der Waals surface area contributed by atoms with Gasteiger partial charge in [0.25, 0.3) is 10.9 Å². The number of likely N-dealkylation sites (tertiary alicyclic amines) is 1. The first-order chi connectivity index (χ1) is 8.95. The predicted octanol–water partition coefficient (Wildman–Crippen LogP) is 0.481. The number of hydrogen-bond donors (Lipinski definition) is 1. The number of carbonyl (C=O) groups is 2. The highest BCUT2D eigenvalue weighted by molar-refractivity contribution is 6.34. The van der Waals surface area contributed by atoms with Crippen LogP contribution in [-0.2, 0) is 14.4 Å². The van der Waals surface area contributed by atoms with E-state index in [1.165, 1.54) is 0 Å². The van der Waals surface area contributed by atoms with E-state index in [4.69, 9.17) is 5.11 Å². The van der Waals surface area contributed by atoms with Crippen molar-refractivity contribution in [1.29, 1.82) is 0 Å². The summed E-state index contributed by atoms with van der Waals surface area (Å²) in [7, 11) is 0. The number of carboxylic acid groups (broad SMARTS) is 1. The summed E-state index contributed by atoms with van der Waals surface area (Å²) in [6.07, 6.45) is 1.57. The molecular weight excluding hydrogens is 256 g/mol. The van der Waals surface area contributed by atoms with E-state index in [0.29, 0.717) is 38.8 Å². The first-order valence-corrected chi connectivity index (χ1v) is 6.28. The zero-order chi connectivity index (χ0) is 14.4. The molecule has 0 saturated carbocycles. The smallest absolute Gasteiger partial charge is 0.373 e. The molecule has 1 saturated heterocycles. The number of Topliss-reactive ketones (excluding diaryl/α,β-unsaturated/α-hetero) is 1. The van der Waals surface area contributed by atoms with E-state index < -0.39 is 29.0 Å². The lowest BCUT2D eigenvalue weighted by Gasteiger charge is -2.35. The number of carbonyl (C=O) groups excluding carboxylic acids is 1. The van der Waals surface area contributed by atoms with Gasteiger partial charge in [0.2, 0.25) is 0 Å². The Morgan fingerprint density at radius 2 is 2.05 bits per heavy atom. The normalized spacial score (nSPS) is 18.8. The number of hydrogen-bond acceptors (Lipinski definition) is 6. The minimum absolute atomic E-state index is 0.425. The van der Waals surface area contributed by atoms with E-state index in [0.717, 1.165) is 0 Å². The lowest BCUT2D eigenvalue weighted by molar-refractivity contribution is -0.769. The number of rotatable bonds is 7. The summed E-state index contributed by atoms with van der Waals surface area (Å²) >= 11 is 0. The minimum atomic E-state index is -1.43. The van der Waals surface area contributed by atoms with Crippen LogP contribution < -0.4 is 0 Å². The van der Waals surface area contributed by atoms with Crippen LogP contribution in [-0.4, -0.2) is 52.1 Å². The molecule has 0 aromatic heterocycles. The number of aliphatic carboxylic acids is 1. The third-order valence-corrected chi connectivity index (χ3v) is 3.23. The summed E-state index contributed by atoms with van der Waals surface area (Å²) in [6.45, 7) is 2.75. The Morgan fingerprint density at radius 1 is 1.47 bits per heavy atom. The SMILES string of the molecule is CCCC(C(=O)C(=O)O)N1CCC(O[N+](=O)[O-])CC1. The fourth-order valence-electron chi connectivity index (χ4n) is 2.31. The van der Waals surface area contributed by atoms with E-state index in [1.54, 1.807) is 4.90 Å². The fraction of sp³-hybridized carbons (Fsp3) is 0.818. The lowest BCUT2D eigenvalue weighted by Crippen LogP contribution is -2.49. The van der Waals surface area contributed by atoms with Gasteiger partial charge in [0.1, 0.15) is 6.10 Å². The van der Waals surface area contributed by atoms with Gasteiger partial charge >= 0.3 is 5.97 Å². The molecule has 108 valence electrons. The van der Waals surface area contributed by atoms with Crippen molar-refractivity contribution in [2.45, 2.75) is 44.8 Å². The number of nitrogens with zero attached hydrogens (tertiary/aromatic N) is 2. The van der Waals surface area contributed by atoms with Crippen LogP contribution in [0.25, 0.3) is 0 Å². The van der Waals surface area contributed by atoms with Gasteiger partial charge in [-0.3, -0.25) is 9.69 Å². The van der Waals surface area contributed by atoms with E-state index in [2.05, 4.69) is 4.84 Å². The van der Waals surface area contributed by atoms with Crippen LogP contribution in [0.4, 0.5) is 0 Å². The third kappa shape index (κ3) is 4.47. The van der Waals surface area contributed by atoms with Gasteiger partial charge in [-0.1, -0.05) is 13.3 Å². The maximum Gasteiger partial charge on any atom is 0.373 e. The summed E-state index contributed by atoms with van der Waals surface area (Å²) in [5.74, 6) is -2.24. The average molecular weight is 274 g/mol. The molecule has 8 heteroatoms. The molecule has 0 radical (unpaired) electrons. The van der Waals surface area contributed by atoms with Gasteiger partial charge in [0.15, 0.2) is 0 Å². The molecule has 1 aliphatic heterocycles. The number of piperidine rings is 1. The van der Waals surface area contributed by atoms with Crippen LogP contribution in [0.2, 0.25) is 0 Å². The van der Waals surface area contributed by atoms with Gasteiger partial charge in [-0.25, -0.2) is 4.79 Å². The topological polar surface area (TPSA) is 110 Å². The molecule has 19 heavy (non-hydrogen) atoms. The second kappa shape index (κ2) is 7.03. The molecule has 0 bridgehead atoms. The van der Waals surface area contributed by atoms with Crippen molar-refractivity contribution in [3.05, 3.63) is 10.1 Å². The van der Waals surface area contributed by atoms with E-state index in [9.17, 15) is 19.7 Å². The van der Waals surface area contributed by atoms with Crippen molar-refractivity contribution in [2.75, 3.05) is 13.1 Å². The molecule has 0 amide bonds. The highest BCUT2D eigenvalue weighted by Gasteiger charge is 2.33. The molecule has 1 aliphatic rings. The highest BCUT2D eigenvalue weighted by atomic mass is 17.0. The minimum Gasteiger partial charge on any atom is -0.475 e. The molecular formula is C11H18N2O6. The number of ketones is 1. The first-order valence-electron chi connectivity index (χ1n) is 6.28. The Bertz CT molecular complexity index is 351. The Labute approximate surface area is 110 Å². The maximum absolute atomic E-state index is 11.6. The van der Waals surface area contributed by atoms with Crippen molar-refractivity contribution in [2.24, 2.45) is 0 Å². The second-order valence-corrected chi connectivity index (χ2v) is 4.54. The van der Waals surface area contributed by atoms with Crippen LogP contribution in [0.3, 0.4) is 0 Å². The Kier molecular flexibility index (Phi) is 5.68. The highest BCUT2D eigenvalue weighted by Crippen LogP contribution is 2.19. The van der Waals surface area contributed by atoms with Gasteiger partial charge in [-0.05, 0) is 19.3 Å². The monoisotopic (exact) mass is 274 g/mol. The molecule has 1 fully saturated rings. The summed E-state index contributed by atoms with van der Waals surface area (Å²) in [5, 5.41) is 18.2. The molecule has 0 aromatic rings. The van der Waals surface area contributed by atoms with Crippen molar-refractivity contribution in [3.8, 4) is 0 Å². The summed E-state index contributed by atoms with van der Waals surface area (Å²) < 4.78 is 0. The van der Waals surface area contributed by atoms with Crippen LogP contribution in [0.1, 0.15) is 32.6 Å². The van der Waals surface area contributed by atoms with Crippen LogP contribution in [0.15, 0.2) is 0 Å². The van der Waals surface area contributed by atoms with Gasteiger partial charge in [0, 0.05) is 13.1 Å². The molecule has 1 N–H and O–H groups in total. The Hall–Kier alpha value is -1.70. The fourth-order valence-corrected chi connectivity index (χ4v) is 2.31. The molecule has 1 rings (SSSR count).